The minimum absolute atomic E-state index is 0.887. The molecular formula is C10H8N6. The van der Waals surface area contributed by atoms with Crippen molar-refractivity contribution >= 4 is 0 Å². The molecule has 0 unspecified atom stereocenters. The SMILES string of the molecule is c1cc(-n2ccnn2)cc(-n2nccn2)c1. The smallest absolute Gasteiger partial charge is 0.0878 e. The van der Waals surface area contributed by atoms with Gasteiger partial charge < -0.3 is 0 Å². The average molecular weight is 212 g/mol. The molecule has 1 aromatic carbocycles. The molecule has 0 atom stereocenters. The van der Waals surface area contributed by atoms with Crippen molar-refractivity contribution in [2.45, 2.75) is 0 Å². The highest BCUT2D eigenvalue weighted by atomic mass is 15.5. The summed E-state index contributed by atoms with van der Waals surface area (Å²) < 4.78 is 1.69. The van der Waals surface area contributed by atoms with Crippen LogP contribution in [-0.2, 0) is 0 Å². The summed E-state index contributed by atoms with van der Waals surface area (Å²) in [4.78, 5) is 1.56. The van der Waals surface area contributed by atoms with Crippen molar-refractivity contribution in [3.8, 4) is 11.4 Å². The standard InChI is InChI=1S/C10H8N6/c1-2-9(15-7-6-11-14-15)8-10(3-1)16-12-4-5-13-16/h1-8H. The Morgan fingerprint density at radius 2 is 1.75 bits per heavy atom. The summed E-state index contributed by atoms with van der Waals surface area (Å²) in [5.74, 6) is 0. The largest absolute Gasteiger partial charge is 0.221 e. The first-order chi connectivity index (χ1) is 7.93. The Kier molecular flexibility index (Phi) is 1.96. The Labute approximate surface area is 91.1 Å². The third-order valence-corrected chi connectivity index (χ3v) is 2.17. The minimum Gasteiger partial charge on any atom is -0.221 e. The van der Waals surface area contributed by atoms with Gasteiger partial charge in [0.15, 0.2) is 0 Å². The first-order valence-corrected chi connectivity index (χ1v) is 4.77. The van der Waals surface area contributed by atoms with Crippen LogP contribution in [0.5, 0.6) is 0 Å². The second-order valence-corrected chi connectivity index (χ2v) is 3.19. The van der Waals surface area contributed by atoms with E-state index in [0.29, 0.717) is 0 Å². The van der Waals surface area contributed by atoms with Gasteiger partial charge in [-0.3, -0.25) is 0 Å². The monoisotopic (exact) mass is 212 g/mol. The van der Waals surface area contributed by atoms with E-state index >= 15 is 0 Å². The van der Waals surface area contributed by atoms with Crippen LogP contribution >= 0.6 is 0 Å². The van der Waals surface area contributed by atoms with Crippen molar-refractivity contribution in [3.05, 3.63) is 49.1 Å². The molecule has 16 heavy (non-hydrogen) atoms. The maximum Gasteiger partial charge on any atom is 0.0878 e. The molecule has 0 spiro atoms. The highest BCUT2D eigenvalue weighted by Crippen LogP contribution is 2.11. The molecule has 0 aliphatic heterocycles. The van der Waals surface area contributed by atoms with E-state index in [9.17, 15) is 0 Å². The van der Waals surface area contributed by atoms with Crippen LogP contribution in [0.4, 0.5) is 0 Å². The lowest BCUT2D eigenvalue weighted by molar-refractivity contribution is 0.746. The van der Waals surface area contributed by atoms with E-state index in [1.165, 1.54) is 0 Å². The highest BCUT2D eigenvalue weighted by Gasteiger charge is 2.01. The van der Waals surface area contributed by atoms with Crippen LogP contribution in [0.1, 0.15) is 0 Å². The van der Waals surface area contributed by atoms with Crippen molar-refractivity contribution in [1.82, 2.24) is 30.0 Å². The van der Waals surface area contributed by atoms with Crippen molar-refractivity contribution in [2.75, 3.05) is 0 Å². The van der Waals surface area contributed by atoms with E-state index in [-0.39, 0.29) is 0 Å². The molecule has 0 N–H and O–H groups in total. The van der Waals surface area contributed by atoms with Crippen molar-refractivity contribution in [3.63, 3.8) is 0 Å². The Morgan fingerprint density at radius 3 is 2.50 bits per heavy atom. The van der Waals surface area contributed by atoms with E-state index in [1.807, 2.05) is 24.3 Å². The molecule has 3 aromatic rings. The third kappa shape index (κ3) is 1.46. The summed E-state index contributed by atoms with van der Waals surface area (Å²) in [5.41, 5.74) is 1.81. The summed E-state index contributed by atoms with van der Waals surface area (Å²) in [6.45, 7) is 0. The van der Waals surface area contributed by atoms with Gasteiger partial charge in [0.1, 0.15) is 0 Å². The van der Waals surface area contributed by atoms with Gasteiger partial charge in [-0.05, 0) is 18.2 Å². The lowest BCUT2D eigenvalue weighted by Gasteiger charge is -2.03. The zero-order valence-corrected chi connectivity index (χ0v) is 8.30. The van der Waals surface area contributed by atoms with Crippen LogP contribution in [0.15, 0.2) is 49.1 Å². The number of rotatable bonds is 2. The quantitative estimate of drug-likeness (QED) is 0.631. The summed E-state index contributed by atoms with van der Waals surface area (Å²) in [6.07, 6.45) is 6.71. The molecule has 6 heteroatoms. The molecule has 2 heterocycles. The molecule has 0 amide bonds. The molecule has 0 radical (unpaired) electrons. The molecule has 0 bridgehead atoms. The van der Waals surface area contributed by atoms with Crippen LogP contribution in [0.3, 0.4) is 0 Å². The van der Waals surface area contributed by atoms with E-state index in [4.69, 9.17) is 0 Å². The number of aromatic nitrogens is 6. The van der Waals surface area contributed by atoms with Gasteiger partial charge in [0.05, 0.1) is 36.2 Å². The van der Waals surface area contributed by atoms with E-state index in [0.717, 1.165) is 11.4 Å². The highest BCUT2D eigenvalue weighted by molar-refractivity contribution is 5.41. The van der Waals surface area contributed by atoms with Gasteiger partial charge in [-0.1, -0.05) is 11.3 Å². The predicted molar refractivity (Wildman–Crippen MR) is 56.3 cm³/mol. The van der Waals surface area contributed by atoms with Gasteiger partial charge in [0.25, 0.3) is 0 Å². The Hall–Kier alpha value is -2.50. The molecule has 78 valence electrons. The van der Waals surface area contributed by atoms with Gasteiger partial charge in [-0.15, -0.1) is 5.10 Å². The molecule has 2 aromatic heterocycles. The van der Waals surface area contributed by atoms with Gasteiger partial charge in [-0.25, -0.2) is 4.68 Å². The summed E-state index contributed by atoms with van der Waals surface area (Å²) >= 11 is 0. The average Bonchev–Trinajstić information content (AvgIpc) is 3.03. The fourth-order valence-corrected chi connectivity index (χ4v) is 1.45. The molecule has 0 saturated heterocycles. The van der Waals surface area contributed by atoms with Crippen LogP contribution in [-0.4, -0.2) is 30.0 Å². The first kappa shape index (κ1) is 8.78. The zero-order chi connectivity index (χ0) is 10.8. The van der Waals surface area contributed by atoms with Gasteiger partial charge >= 0.3 is 0 Å². The first-order valence-electron chi connectivity index (χ1n) is 4.77. The Morgan fingerprint density at radius 1 is 0.938 bits per heavy atom. The van der Waals surface area contributed by atoms with Crippen molar-refractivity contribution < 1.29 is 0 Å². The molecule has 0 aliphatic rings. The second-order valence-electron chi connectivity index (χ2n) is 3.19. The van der Waals surface area contributed by atoms with E-state index < -0.39 is 0 Å². The lowest BCUT2D eigenvalue weighted by atomic mass is 10.3. The van der Waals surface area contributed by atoms with Gasteiger partial charge in [0, 0.05) is 0 Å². The van der Waals surface area contributed by atoms with Crippen LogP contribution in [0, 0.1) is 0 Å². The molecule has 0 fully saturated rings. The Balaban J connectivity index is 2.07. The predicted octanol–water partition coefficient (Wildman–Crippen LogP) is 0.848. The number of hydrogen-bond acceptors (Lipinski definition) is 4. The molecule has 0 saturated carbocycles. The van der Waals surface area contributed by atoms with Gasteiger partial charge in [0.2, 0.25) is 0 Å². The number of hydrogen-bond donors (Lipinski definition) is 0. The molecule has 3 rings (SSSR count). The second kappa shape index (κ2) is 3.58. The van der Waals surface area contributed by atoms with Crippen molar-refractivity contribution in [2.24, 2.45) is 0 Å². The summed E-state index contributed by atoms with van der Waals surface area (Å²) in [6, 6.07) is 7.74. The number of benzene rings is 1. The van der Waals surface area contributed by atoms with Crippen LogP contribution in [0.25, 0.3) is 11.4 Å². The maximum absolute atomic E-state index is 4.07. The minimum atomic E-state index is 0.887. The number of nitrogens with zero attached hydrogens (tertiary/aromatic N) is 6. The fourth-order valence-electron chi connectivity index (χ4n) is 1.45. The molecule has 0 aliphatic carbocycles. The summed E-state index contributed by atoms with van der Waals surface area (Å²) in [5, 5.41) is 15.8. The van der Waals surface area contributed by atoms with Crippen molar-refractivity contribution in [1.29, 1.82) is 0 Å². The fraction of sp³-hybridized carbons (Fsp3) is 0. The van der Waals surface area contributed by atoms with Crippen LogP contribution < -0.4 is 0 Å². The normalized spacial score (nSPS) is 10.5. The molecule has 6 nitrogen and oxygen atoms in total. The topological polar surface area (TPSA) is 61.4 Å². The van der Waals surface area contributed by atoms with Crippen LogP contribution in [0.2, 0.25) is 0 Å². The Bertz CT molecular complexity index is 520. The lowest BCUT2D eigenvalue weighted by Crippen LogP contribution is -2.01. The third-order valence-electron chi connectivity index (χ3n) is 2.17. The van der Waals surface area contributed by atoms with Gasteiger partial charge in [-0.2, -0.15) is 15.0 Å². The zero-order valence-electron chi connectivity index (χ0n) is 8.30. The summed E-state index contributed by atoms with van der Waals surface area (Å²) in [7, 11) is 0. The van der Waals surface area contributed by atoms with E-state index in [2.05, 4.69) is 20.5 Å². The molecular weight excluding hydrogens is 204 g/mol. The van der Waals surface area contributed by atoms with E-state index in [1.54, 1.807) is 34.3 Å². The maximum atomic E-state index is 4.07.